The summed E-state index contributed by atoms with van der Waals surface area (Å²) in [6.45, 7) is 13.9. The van der Waals surface area contributed by atoms with Gasteiger partial charge in [0.15, 0.2) is 0 Å². The van der Waals surface area contributed by atoms with Crippen LogP contribution >= 0.6 is 0 Å². The monoisotopic (exact) mass is 315 g/mol. The molecule has 22 heavy (non-hydrogen) atoms. The zero-order valence-corrected chi connectivity index (χ0v) is 14.7. The first kappa shape index (κ1) is 19.2. The van der Waals surface area contributed by atoms with Crippen molar-refractivity contribution in [3.05, 3.63) is 0 Å². The van der Waals surface area contributed by atoms with E-state index in [1.54, 1.807) is 4.90 Å². The van der Waals surface area contributed by atoms with E-state index in [9.17, 15) is 4.79 Å². The highest BCUT2D eigenvalue weighted by molar-refractivity contribution is 5.68. The molecule has 0 saturated carbocycles. The summed E-state index contributed by atoms with van der Waals surface area (Å²) in [6.07, 6.45) is -0.262. The number of ether oxygens (including phenoxy) is 2. The Morgan fingerprint density at radius 2 is 2.14 bits per heavy atom. The first-order valence-corrected chi connectivity index (χ1v) is 8.22. The van der Waals surface area contributed by atoms with Crippen molar-refractivity contribution < 1.29 is 14.3 Å². The van der Waals surface area contributed by atoms with Gasteiger partial charge in [-0.2, -0.15) is 0 Å². The standard InChI is InChI=1S/C16H33N3O3/c1-12(2)13(8-17)9-18-10-14-11-21-7-6-19(14)15(20)22-16(3,4)5/h12-14,18H,6-11,17H2,1-5H3. The van der Waals surface area contributed by atoms with Crippen molar-refractivity contribution in [2.24, 2.45) is 17.6 Å². The molecule has 0 spiro atoms. The predicted octanol–water partition coefficient (Wildman–Crippen LogP) is 1.44. The molecule has 0 aliphatic carbocycles. The number of nitrogens with two attached hydrogens (primary N) is 1. The largest absolute Gasteiger partial charge is 0.444 e. The second kappa shape index (κ2) is 8.70. The van der Waals surface area contributed by atoms with Gasteiger partial charge in [0, 0.05) is 13.1 Å². The lowest BCUT2D eigenvalue weighted by atomic mass is 9.96. The minimum Gasteiger partial charge on any atom is -0.444 e. The van der Waals surface area contributed by atoms with E-state index in [0.29, 0.717) is 44.7 Å². The normalized spacial score (nSPS) is 21.0. The van der Waals surface area contributed by atoms with Crippen LogP contribution in [0.5, 0.6) is 0 Å². The third-order valence-electron chi connectivity index (χ3n) is 3.89. The van der Waals surface area contributed by atoms with E-state index in [-0.39, 0.29) is 12.1 Å². The molecule has 0 aromatic heterocycles. The number of hydrogen-bond acceptors (Lipinski definition) is 5. The lowest BCUT2D eigenvalue weighted by molar-refractivity contribution is -0.0318. The van der Waals surface area contributed by atoms with Gasteiger partial charge in [0.1, 0.15) is 5.60 Å². The van der Waals surface area contributed by atoms with E-state index in [2.05, 4.69) is 19.2 Å². The second-order valence-electron chi connectivity index (χ2n) is 7.30. The highest BCUT2D eigenvalue weighted by Gasteiger charge is 2.30. The third-order valence-corrected chi connectivity index (χ3v) is 3.89. The van der Waals surface area contributed by atoms with Crippen LogP contribution in [-0.2, 0) is 9.47 Å². The number of morpholine rings is 1. The molecule has 6 heteroatoms. The van der Waals surface area contributed by atoms with Gasteiger partial charge in [0.05, 0.1) is 19.3 Å². The molecule has 2 unspecified atom stereocenters. The van der Waals surface area contributed by atoms with Crippen LogP contribution in [0.25, 0.3) is 0 Å². The molecule has 0 aromatic carbocycles. The second-order valence-corrected chi connectivity index (χ2v) is 7.30. The number of nitrogens with one attached hydrogen (secondary N) is 1. The number of nitrogens with zero attached hydrogens (tertiary/aromatic N) is 1. The van der Waals surface area contributed by atoms with Crippen molar-refractivity contribution in [1.82, 2.24) is 10.2 Å². The molecule has 0 radical (unpaired) electrons. The van der Waals surface area contributed by atoms with Crippen molar-refractivity contribution in [2.45, 2.75) is 46.3 Å². The summed E-state index contributed by atoms with van der Waals surface area (Å²) in [7, 11) is 0. The van der Waals surface area contributed by atoms with Crippen LogP contribution in [0, 0.1) is 11.8 Å². The van der Waals surface area contributed by atoms with Crippen LogP contribution in [-0.4, -0.2) is 62.0 Å². The summed E-state index contributed by atoms with van der Waals surface area (Å²) in [5.41, 5.74) is 5.31. The molecular weight excluding hydrogens is 282 g/mol. The molecule has 1 heterocycles. The van der Waals surface area contributed by atoms with Crippen molar-refractivity contribution in [2.75, 3.05) is 39.4 Å². The fourth-order valence-corrected chi connectivity index (χ4v) is 2.41. The molecule has 1 aliphatic heterocycles. The van der Waals surface area contributed by atoms with Gasteiger partial charge in [-0.3, -0.25) is 4.90 Å². The van der Waals surface area contributed by atoms with Crippen molar-refractivity contribution in [1.29, 1.82) is 0 Å². The number of hydrogen-bond donors (Lipinski definition) is 2. The van der Waals surface area contributed by atoms with Crippen LogP contribution in [0.1, 0.15) is 34.6 Å². The maximum atomic E-state index is 12.3. The minimum absolute atomic E-state index is 0.00851. The number of amides is 1. The summed E-state index contributed by atoms with van der Waals surface area (Å²) in [6, 6.07) is 0.00851. The molecule has 0 bridgehead atoms. The zero-order chi connectivity index (χ0) is 16.8. The lowest BCUT2D eigenvalue weighted by Crippen LogP contribution is -2.54. The van der Waals surface area contributed by atoms with Crippen LogP contribution in [0.4, 0.5) is 4.79 Å². The minimum atomic E-state index is -0.477. The topological polar surface area (TPSA) is 76.8 Å². The molecule has 3 N–H and O–H groups in total. The van der Waals surface area contributed by atoms with E-state index in [1.165, 1.54) is 0 Å². The van der Waals surface area contributed by atoms with Crippen LogP contribution < -0.4 is 11.1 Å². The van der Waals surface area contributed by atoms with Crippen LogP contribution in [0.15, 0.2) is 0 Å². The molecule has 6 nitrogen and oxygen atoms in total. The van der Waals surface area contributed by atoms with Gasteiger partial charge in [-0.25, -0.2) is 4.79 Å². The Hall–Kier alpha value is -0.850. The molecule has 2 atom stereocenters. The van der Waals surface area contributed by atoms with E-state index >= 15 is 0 Å². The van der Waals surface area contributed by atoms with Crippen molar-refractivity contribution in [3.8, 4) is 0 Å². The summed E-state index contributed by atoms with van der Waals surface area (Å²) < 4.78 is 11.0. The maximum absolute atomic E-state index is 12.3. The summed E-state index contributed by atoms with van der Waals surface area (Å²) in [5.74, 6) is 0.988. The van der Waals surface area contributed by atoms with E-state index < -0.39 is 5.60 Å². The Balaban J connectivity index is 2.50. The molecule has 0 aromatic rings. The Bertz CT molecular complexity index is 342. The molecular formula is C16H33N3O3. The Kier molecular flexibility index (Phi) is 7.59. The summed E-state index contributed by atoms with van der Waals surface area (Å²) in [5, 5.41) is 3.43. The SMILES string of the molecule is CC(C)C(CN)CNCC1COCCN1C(=O)OC(C)(C)C. The highest BCUT2D eigenvalue weighted by Crippen LogP contribution is 2.14. The molecule has 1 aliphatic rings. The summed E-state index contributed by atoms with van der Waals surface area (Å²) in [4.78, 5) is 14.1. The Labute approximate surface area is 134 Å². The fraction of sp³-hybridized carbons (Fsp3) is 0.938. The van der Waals surface area contributed by atoms with Crippen molar-refractivity contribution >= 4 is 6.09 Å². The van der Waals surface area contributed by atoms with Crippen LogP contribution in [0.3, 0.4) is 0 Å². The predicted molar refractivity (Wildman–Crippen MR) is 87.8 cm³/mol. The molecule has 1 rings (SSSR count). The van der Waals surface area contributed by atoms with E-state index in [0.717, 1.165) is 6.54 Å². The fourth-order valence-electron chi connectivity index (χ4n) is 2.41. The molecule has 130 valence electrons. The van der Waals surface area contributed by atoms with Gasteiger partial charge in [-0.05, 0) is 45.7 Å². The summed E-state index contributed by atoms with van der Waals surface area (Å²) >= 11 is 0. The average molecular weight is 315 g/mol. The smallest absolute Gasteiger partial charge is 0.410 e. The number of carbonyl (C=O) groups is 1. The van der Waals surface area contributed by atoms with Gasteiger partial charge in [0.2, 0.25) is 0 Å². The average Bonchev–Trinajstić information content (AvgIpc) is 2.41. The first-order chi connectivity index (χ1) is 10.2. The highest BCUT2D eigenvalue weighted by atomic mass is 16.6. The maximum Gasteiger partial charge on any atom is 0.410 e. The van der Waals surface area contributed by atoms with E-state index in [1.807, 2.05) is 20.8 Å². The Morgan fingerprint density at radius 3 is 2.68 bits per heavy atom. The molecule has 1 fully saturated rings. The van der Waals surface area contributed by atoms with Gasteiger partial charge in [-0.15, -0.1) is 0 Å². The number of carbonyl (C=O) groups excluding carboxylic acids is 1. The number of rotatable bonds is 6. The third kappa shape index (κ3) is 6.50. The molecule has 1 amide bonds. The van der Waals surface area contributed by atoms with Gasteiger partial charge >= 0.3 is 6.09 Å². The van der Waals surface area contributed by atoms with Gasteiger partial charge in [0.25, 0.3) is 0 Å². The van der Waals surface area contributed by atoms with Gasteiger partial charge in [-0.1, -0.05) is 13.8 Å². The van der Waals surface area contributed by atoms with Gasteiger partial charge < -0.3 is 20.5 Å². The van der Waals surface area contributed by atoms with Crippen molar-refractivity contribution in [3.63, 3.8) is 0 Å². The van der Waals surface area contributed by atoms with Crippen LogP contribution in [0.2, 0.25) is 0 Å². The van der Waals surface area contributed by atoms with E-state index in [4.69, 9.17) is 15.2 Å². The Morgan fingerprint density at radius 1 is 1.45 bits per heavy atom. The molecule has 1 saturated heterocycles. The lowest BCUT2D eigenvalue weighted by Gasteiger charge is -2.37. The zero-order valence-electron chi connectivity index (χ0n) is 14.7. The first-order valence-electron chi connectivity index (χ1n) is 8.22. The quantitative estimate of drug-likeness (QED) is 0.775.